The highest BCUT2D eigenvalue weighted by molar-refractivity contribution is 5.50. The number of halogens is 2. The largest absolute Gasteiger partial charge is 0.270 e. The van der Waals surface area contributed by atoms with Gasteiger partial charge in [-0.3, -0.25) is 0 Å². The summed E-state index contributed by atoms with van der Waals surface area (Å²) in [6.45, 7) is 2.30. The first-order valence-corrected chi connectivity index (χ1v) is 6.28. The standard InChI is InChI=1S/C15H18F2/c1-11-2-6-13(7-3-11)14-8-4-12(5-9-14)10-15(16)17/h4-5,8-11,13H,2-3,6-7H2,1H3/t11-,13-. The van der Waals surface area contributed by atoms with Gasteiger partial charge in [-0.15, -0.1) is 0 Å². The van der Waals surface area contributed by atoms with Crippen molar-refractivity contribution in [2.24, 2.45) is 5.92 Å². The van der Waals surface area contributed by atoms with Crippen LogP contribution in [0, 0.1) is 5.92 Å². The van der Waals surface area contributed by atoms with Crippen LogP contribution in [0.3, 0.4) is 0 Å². The van der Waals surface area contributed by atoms with Crippen LogP contribution < -0.4 is 0 Å². The highest BCUT2D eigenvalue weighted by Crippen LogP contribution is 2.35. The lowest BCUT2D eigenvalue weighted by atomic mass is 9.79. The Kier molecular flexibility index (Phi) is 3.93. The van der Waals surface area contributed by atoms with Gasteiger partial charge in [0.25, 0.3) is 6.08 Å². The molecule has 2 rings (SSSR count). The van der Waals surface area contributed by atoms with E-state index in [0.29, 0.717) is 11.5 Å². The molecule has 1 aromatic carbocycles. The molecule has 0 unspecified atom stereocenters. The van der Waals surface area contributed by atoms with E-state index in [-0.39, 0.29) is 0 Å². The zero-order chi connectivity index (χ0) is 12.3. The quantitative estimate of drug-likeness (QED) is 0.660. The molecular formula is C15H18F2. The molecule has 0 aliphatic heterocycles. The average molecular weight is 236 g/mol. The minimum atomic E-state index is -1.63. The smallest absolute Gasteiger partial charge is 0.173 e. The lowest BCUT2D eigenvalue weighted by Gasteiger charge is -2.26. The van der Waals surface area contributed by atoms with Crippen molar-refractivity contribution in [3.8, 4) is 0 Å². The monoisotopic (exact) mass is 236 g/mol. The molecule has 0 saturated heterocycles. The maximum Gasteiger partial charge on any atom is 0.270 e. The molecule has 0 bridgehead atoms. The molecular weight excluding hydrogens is 218 g/mol. The zero-order valence-corrected chi connectivity index (χ0v) is 10.1. The lowest BCUT2D eigenvalue weighted by molar-refractivity contribution is 0.348. The van der Waals surface area contributed by atoms with Crippen molar-refractivity contribution in [3.05, 3.63) is 41.5 Å². The summed E-state index contributed by atoms with van der Waals surface area (Å²) >= 11 is 0. The van der Waals surface area contributed by atoms with Crippen LogP contribution >= 0.6 is 0 Å². The third kappa shape index (κ3) is 3.39. The van der Waals surface area contributed by atoms with E-state index in [2.05, 4.69) is 6.92 Å². The van der Waals surface area contributed by atoms with E-state index in [1.54, 1.807) is 12.1 Å². The summed E-state index contributed by atoms with van der Waals surface area (Å²) in [6.07, 6.45) is 4.30. The van der Waals surface area contributed by atoms with Crippen LogP contribution in [0.1, 0.15) is 49.7 Å². The molecule has 0 N–H and O–H groups in total. The van der Waals surface area contributed by atoms with E-state index in [9.17, 15) is 8.78 Å². The van der Waals surface area contributed by atoms with Gasteiger partial charge in [-0.1, -0.05) is 44.0 Å². The molecule has 1 aromatic rings. The van der Waals surface area contributed by atoms with Gasteiger partial charge in [-0.25, -0.2) is 0 Å². The molecule has 92 valence electrons. The van der Waals surface area contributed by atoms with Crippen LogP contribution in [0.25, 0.3) is 6.08 Å². The highest BCUT2D eigenvalue weighted by atomic mass is 19.3. The normalized spacial score (nSPS) is 24.4. The first-order chi connectivity index (χ1) is 8.15. The van der Waals surface area contributed by atoms with Gasteiger partial charge < -0.3 is 0 Å². The topological polar surface area (TPSA) is 0 Å². The lowest BCUT2D eigenvalue weighted by Crippen LogP contribution is -2.10. The van der Waals surface area contributed by atoms with Crippen LogP contribution in [-0.2, 0) is 0 Å². The minimum absolute atomic E-state index is 0.581. The molecule has 1 saturated carbocycles. The Hall–Kier alpha value is -1.18. The first-order valence-electron chi connectivity index (χ1n) is 6.28. The second-order valence-corrected chi connectivity index (χ2v) is 5.06. The third-order valence-electron chi connectivity index (χ3n) is 3.70. The maximum absolute atomic E-state index is 12.1. The van der Waals surface area contributed by atoms with Gasteiger partial charge in [-0.2, -0.15) is 8.78 Å². The molecule has 1 fully saturated rings. The van der Waals surface area contributed by atoms with Gasteiger partial charge in [0, 0.05) is 6.08 Å². The van der Waals surface area contributed by atoms with Crippen LogP contribution in [0.2, 0.25) is 0 Å². The van der Waals surface area contributed by atoms with Crippen molar-refractivity contribution in [1.82, 2.24) is 0 Å². The fourth-order valence-electron chi connectivity index (χ4n) is 2.58. The molecule has 0 radical (unpaired) electrons. The van der Waals surface area contributed by atoms with Gasteiger partial charge in [-0.05, 0) is 35.8 Å². The first kappa shape index (κ1) is 12.3. The summed E-state index contributed by atoms with van der Waals surface area (Å²) in [5, 5.41) is 0. The number of rotatable bonds is 2. The Labute approximate surface area is 101 Å². The van der Waals surface area contributed by atoms with Gasteiger partial charge in [0.05, 0.1) is 0 Å². The van der Waals surface area contributed by atoms with Crippen molar-refractivity contribution in [3.63, 3.8) is 0 Å². The summed E-state index contributed by atoms with van der Waals surface area (Å²) < 4.78 is 24.2. The van der Waals surface area contributed by atoms with Crippen molar-refractivity contribution in [2.75, 3.05) is 0 Å². The second kappa shape index (κ2) is 5.44. The van der Waals surface area contributed by atoms with Crippen LogP contribution in [0.15, 0.2) is 30.3 Å². The molecule has 17 heavy (non-hydrogen) atoms. The number of hydrogen-bond acceptors (Lipinski definition) is 0. The third-order valence-corrected chi connectivity index (χ3v) is 3.70. The molecule has 0 aromatic heterocycles. The Bertz CT molecular complexity index is 380. The Morgan fingerprint density at radius 1 is 1.06 bits per heavy atom. The van der Waals surface area contributed by atoms with Gasteiger partial charge in [0.1, 0.15) is 0 Å². The Balaban J connectivity index is 2.05. The van der Waals surface area contributed by atoms with Crippen molar-refractivity contribution >= 4 is 6.08 Å². The van der Waals surface area contributed by atoms with Crippen LogP contribution in [0.4, 0.5) is 8.78 Å². The fourth-order valence-corrected chi connectivity index (χ4v) is 2.58. The average Bonchev–Trinajstić information content (AvgIpc) is 2.30. The molecule has 1 aliphatic carbocycles. The van der Waals surface area contributed by atoms with E-state index in [1.807, 2.05) is 12.1 Å². The highest BCUT2D eigenvalue weighted by Gasteiger charge is 2.19. The summed E-state index contributed by atoms with van der Waals surface area (Å²) in [7, 11) is 0. The van der Waals surface area contributed by atoms with Crippen molar-refractivity contribution in [2.45, 2.75) is 38.5 Å². The summed E-state index contributed by atoms with van der Waals surface area (Å²) in [5.41, 5.74) is 1.88. The zero-order valence-electron chi connectivity index (χ0n) is 10.1. The summed E-state index contributed by atoms with van der Waals surface area (Å²) in [5.74, 6) is 1.47. The summed E-state index contributed by atoms with van der Waals surface area (Å²) in [6, 6.07) is 7.56. The molecule has 0 heterocycles. The fraction of sp³-hybridized carbons (Fsp3) is 0.467. The van der Waals surface area contributed by atoms with Gasteiger partial charge in [0.15, 0.2) is 0 Å². The molecule has 0 spiro atoms. The SMILES string of the molecule is C[C@H]1CC[C@H](c2ccc(C=C(F)F)cc2)CC1. The van der Waals surface area contributed by atoms with Crippen molar-refractivity contribution in [1.29, 1.82) is 0 Å². The molecule has 0 nitrogen and oxygen atoms in total. The molecule has 2 heteroatoms. The van der Waals surface area contributed by atoms with Crippen molar-refractivity contribution < 1.29 is 8.78 Å². The molecule has 0 amide bonds. The maximum atomic E-state index is 12.1. The second-order valence-electron chi connectivity index (χ2n) is 5.06. The molecule has 0 atom stereocenters. The molecule has 1 aliphatic rings. The van der Waals surface area contributed by atoms with E-state index in [4.69, 9.17) is 0 Å². The number of hydrogen-bond donors (Lipinski definition) is 0. The van der Waals surface area contributed by atoms with Gasteiger partial charge >= 0.3 is 0 Å². The Morgan fingerprint density at radius 2 is 1.65 bits per heavy atom. The predicted molar refractivity (Wildman–Crippen MR) is 67.0 cm³/mol. The Morgan fingerprint density at radius 3 is 2.18 bits per heavy atom. The van der Waals surface area contributed by atoms with E-state index < -0.39 is 6.08 Å². The predicted octanol–water partition coefficient (Wildman–Crippen LogP) is 5.22. The summed E-state index contributed by atoms with van der Waals surface area (Å²) in [4.78, 5) is 0. The minimum Gasteiger partial charge on any atom is -0.173 e. The van der Waals surface area contributed by atoms with E-state index >= 15 is 0 Å². The van der Waals surface area contributed by atoms with Crippen LogP contribution in [0.5, 0.6) is 0 Å². The van der Waals surface area contributed by atoms with E-state index in [1.165, 1.54) is 31.2 Å². The number of benzene rings is 1. The van der Waals surface area contributed by atoms with Gasteiger partial charge in [0.2, 0.25) is 0 Å². The van der Waals surface area contributed by atoms with Crippen LogP contribution in [-0.4, -0.2) is 0 Å². The van der Waals surface area contributed by atoms with E-state index in [0.717, 1.165) is 12.0 Å².